The third-order valence-corrected chi connectivity index (χ3v) is 2.41. The maximum atomic E-state index is 12.6. The van der Waals surface area contributed by atoms with Crippen LogP contribution in [0, 0.1) is 11.7 Å². The molecule has 0 unspecified atom stereocenters. The van der Waals surface area contributed by atoms with Gasteiger partial charge in [0.25, 0.3) is 0 Å². The molecule has 0 N–H and O–H groups in total. The van der Waals surface area contributed by atoms with E-state index in [4.69, 9.17) is 0 Å². The van der Waals surface area contributed by atoms with E-state index in [1.54, 1.807) is 0 Å². The number of rotatable bonds is 5. The lowest BCUT2D eigenvalue weighted by atomic mass is 10.0. The Hall–Kier alpha value is -1.51. The fourth-order valence-electron chi connectivity index (χ4n) is 1.31. The van der Waals surface area contributed by atoms with Crippen LogP contribution < -0.4 is 0 Å². The van der Waals surface area contributed by atoms with Crippen molar-refractivity contribution in [2.45, 2.75) is 26.7 Å². The van der Waals surface area contributed by atoms with Gasteiger partial charge in [0, 0.05) is 24.3 Å². The zero-order valence-corrected chi connectivity index (χ0v) is 9.50. The van der Waals surface area contributed by atoms with E-state index in [1.165, 1.54) is 24.3 Å². The summed E-state index contributed by atoms with van der Waals surface area (Å²) in [7, 11) is 0. The summed E-state index contributed by atoms with van der Waals surface area (Å²) in [5.74, 6) is -0.444. The van der Waals surface area contributed by atoms with Crippen molar-refractivity contribution < 1.29 is 14.0 Å². The van der Waals surface area contributed by atoms with Gasteiger partial charge >= 0.3 is 0 Å². The van der Waals surface area contributed by atoms with Gasteiger partial charge in [-0.3, -0.25) is 9.59 Å². The number of carbonyl (C=O) groups is 2. The Kier molecular flexibility index (Phi) is 4.35. The zero-order valence-electron chi connectivity index (χ0n) is 9.50. The fourth-order valence-corrected chi connectivity index (χ4v) is 1.31. The molecule has 1 rings (SSSR count). The molecule has 1 aromatic carbocycles. The van der Waals surface area contributed by atoms with E-state index in [1.807, 2.05) is 13.8 Å². The van der Waals surface area contributed by atoms with E-state index in [0.29, 0.717) is 5.56 Å². The topological polar surface area (TPSA) is 34.1 Å². The number of Topliss-reactive ketones (excluding diaryl/α,β-unsaturated/α-hetero) is 2. The van der Waals surface area contributed by atoms with E-state index in [2.05, 4.69) is 0 Å². The van der Waals surface area contributed by atoms with Crippen molar-refractivity contribution in [2.75, 3.05) is 0 Å². The quantitative estimate of drug-likeness (QED) is 0.717. The first kappa shape index (κ1) is 12.6. The molecule has 0 heterocycles. The Labute approximate surface area is 94.5 Å². The highest BCUT2D eigenvalue weighted by molar-refractivity contribution is 5.98. The smallest absolute Gasteiger partial charge is 0.163 e. The SMILES string of the molecule is CC(C)C(=O)CCC(=O)c1ccc(F)cc1. The highest BCUT2D eigenvalue weighted by Gasteiger charge is 2.11. The number of carbonyl (C=O) groups excluding carboxylic acids is 2. The van der Waals surface area contributed by atoms with Crippen molar-refractivity contribution in [2.24, 2.45) is 5.92 Å². The van der Waals surface area contributed by atoms with Crippen LogP contribution in [0.25, 0.3) is 0 Å². The lowest BCUT2D eigenvalue weighted by Crippen LogP contribution is -2.09. The van der Waals surface area contributed by atoms with E-state index in [-0.39, 0.29) is 36.1 Å². The van der Waals surface area contributed by atoms with Crippen LogP contribution in [0.15, 0.2) is 24.3 Å². The van der Waals surface area contributed by atoms with Crippen LogP contribution in [-0.2, 0) is 4.79 Å². The maximum absolute atomic E-state index is 12.6. The molecule has 0 aliphatic heterocycles. The van der Waals surface area contributed by atoms with Crippen molar-refractivity contribution in [1.82, 2.24) is 0 Å². The van der Waals surface area contributed by atoms with Crippen LogP contribution in [0.5, 0.6) is 0 Å². The van der Waals surface area contributed by atoms with Gasteiger partial charge in [0.1, 0.15) is 11.6 Å². The monoisotopic (exact) mass is 222 g/mol. The molecular weight excluding hydrogens is 207 g/mol. The third kappa shape index (κ3) is 3.57. The minimum atomic E-state index is -0.366. The van der Waals surface area contributed by atoms with Crippen LogP contribution in [-0.4, -0.2) is 11.6 Å². The molecule has 0 atom stereocenters. The summed E-state index contributed by atoms with van der Waals surface area (Å²) in [5, 5.41) is 0. The van der Waals surface area contributed by atoms with Gasteiger partial charge in [0.05, 0.1) is 0 Å². The molecule has 0 bridgehead atoms. The average molecular weight is 222 g/mol. The molecule has 0 spiro atoms. The molecule has 0 radical (unpaired) electrons. The van der Waals surface area contributed by atoms with Crippen LogP contribution in [0.1, 0.15) is 37.0 Å². The molecule has 0 aliphatic carbocycles. The zero-order chi connectivity index (χ0) is 12.1. The summed E-state index contributed by atoms with van der Waals surface area (Å²) in [4.78, 5) is 22.9. The Balaban J connectivity index is 2.53. The summed E-state index contributed by atoms with van der Waals surface area (Å²) in [5.41, 5.74) is 0.456. The fraction of sp³-hybridized carbons (Fsp3) is 0.385. The van der Waals surface area contributed by atoms with Crippen molar-refractivity contribution in [3.63, 3.8) is 0 Å². The standard InChI is InChI=1S/C13H15FO2/c1-9(2)12(15)7-8-13(16)10-3-5-11(14)6-4-10/h3-6,9H,7-8H2,1-2H3. The maximum Gasteiger partial charge on any atom is 0.163 e. The molecule has 1 aromatic rings. The third-order valence-electron chi connectivity index (χ3n) is 2.41. The second-order valence-corrected chi connectivity index (χ2v) is 4.05. The Morgan fingerprint density at radius 3 is 2.19 bits per heavy atom. The van der Waals surface area contributed by atoms with Gasteiger partial charge in [-0.2, -0.15) is 0 Å². The highest BCUT2D eigenvalue weighted by atomic mass is 19.1. The van der Waals surface area contributed by atoms with Crippen molar-refractivity contribution in [3.05, 3.63) is 35.6 Å². The Morgan fingerprint density at radius 1 is 1.12 bits per heavy atom. The molecular formula is C13H15FO2. The number of halogens is 1. The van der Waals surface area contributed by atoms with Crippen molar-refractivity contribution in [3.8, 4) is 0 Å². The number of benzene rings is 1. The lowest BCUT2D eigenvalue weighted by Gasteiger charge is -2.03. The first-order chi connectivity index (χ1) is 7.50. The summed E-state index contributed by atoms with van der Waals surface area (Å²) < 4.78 is 12.6. The van der Waals surface area contributed by atoms with E-state index in [0.717, 1.165) is 0 Å². The number of hydrogen-bond donors (Lipinski definition) is 0. The molecule has 2 nitrogen and oxygen atoms in total. The molecule has 0 fully saturated rings. The predicted octanol–water partition coefficient (Wildman–Crippen LogP) is 3.01. The van der Waals surface area contributed by atoms with Crippen LogP contribution >= 0.6 is 0 Å². The summed E-state index contributed by atoms with van der Waals surface area (Å²) in [6, 6.07) is 5.38. The van der Waals surface area contributed by atoms with Crippen molar-refractivity contribution >= 4 is 11.6 Å². The summed E-state index contributed by atoms with van der Waals surface area (Å²) >= 11 is 0. The minimum absolute atomic E-state index is 0.0407. The second kappa shape index (κ2) is 5.54. The van der Waals surface area contributed by atoms with Crippen LogP contribution in [0.3, 0.4) is 0 Å². The van der Waals surface area contributed by atoms with Crippen LogP contribution in [0.2, 0.25) is 0 Å². The van der Waals surface area contributed by atoms with Crippen molar-refractivity contribution in [1.29, 1.82) is 0 Å². The lowest BCUT2D eigenvalue weighted by molar-refractivity contribution is -0.121. The first-order valence-electron chi connectivity index (χ1n) is 5.32. The van der Waals surface area contributed by atoms with Gasteiger partial charge in [-0.15, -0.1) is 0 Å². The molecule has 0 saturated heterocycles. The Morgan fingerprint density at radius 2 is 1.69 bits per heavy atom. The van der Waals surface area contributed by atoms with Crippen LogP contribution in [0.4, 0.5) is 4.39 Å². The number of hydrogen-bond acceptors (Lipinski definition) is 2. The van der Waals surface area contributed by atoms with E-state index in [9.17, 15) is 14.0 Å². The molecule has 0 aliphatic rings. The molecule has 0 amide bonds. The largest absolute Gasteiger partial charge is 0.299 e. The highest BCUT2D eigenvalue weighted by Crippen LogP contribution is 2.09. The average Bonchev–Trinajstić information content (AvgIpc) is 2.26. The van der Waals surface area contributed by atoms with Gasteiger partial charge in [0.2, 0.25) is 0 Å². The van der Waals surface area contributed by atoms with E-state index < -0.39 is 0 Å². The normalized spacial score (nSPS) is 10.5. The molecule has 86 valence electrons. The Bertz CT molecular complexity index is 379. The number of ketones is 2. The van der Waals surface area contributed by atoms with Gasteiger partial charge < -0.3 is 0 Å². The van der Waals surface area contributed by atoms with Gasteiger partial charge in [-0.25, -0.2) is 4.39 Å². The first-order valence-corrected chi connectivity index (χ1v) is 5.32. The second-order valence-electron chi connectivity index (χ2n) is 4.05. The van der Waals surface area contributed by atoms with E-state index >= 15 is 0 Å². The molecule has 3 heteroatoms. The van der Waals surface area contributed by atoms with Gasteiger partial charge in [0.15, 0.2) is 5.78 Å². The van der Waals surface area contributed by atoms with Gasteiger partial charge in [-0.1, -0.05) is 13.8 Å². The molecule has 16 heavy (non-hydrogen) atoms. The summed E-state index contributed by atoms with van der Waals surface area (Å²) in [6.45, 7) is 3.62. The molecule has 0 aromatic heterocycles. The van der Waals surface area contributed by atoms with Gasteiger partial charge in [-0.05, 0) is 24.3 Å². The summed E-state index contributed by atoms with van der Waals surface area (Å²) in [6.07, 6.45) is 0.455. The molecule has 0 saturated carbocycles. The minimum Gasteiger partial charge on any atom is -0.299 e. The predicted molar refractivity (Wildman–Crippen MR) is 59.8 cm³/mol.